The van der Waals surface area contributed by atoms with E-state index in [1.807, 2.05) is 11.3 Å². The molecule has 0 atom stereocenters. The summed E-state index contributed by atoms with van der Waals surface area (Å²) in [6.07, 6.45) is 0. The quantitative estimate of drug-likeness (QED) is 0.175. The highest BCUT2D eigenvalue weighted by Crippen LogP contribution is 2.65. The second kappa shape index (κ2) is 11.6. The molecule has 1 spiro atoms. The summed E-state index contributed by atoms with van der Waals surface area (Å²) in [5.74, 6) is 0. The third-order valence-electron chi connectivity index (χ3n) is 12.1. The van der Waals surface area contributed by atoms with E-state index in [0.717, 1.165) is 11.4 Å². The molecule has 0 N–H and O–H groups in total. The highest BCUT2D eigenvalue weighted by Gasteiger charge is 2.52. The molecule has 10 aromatic rings. The fourth-order valence-corrected chi connectivity index (χ4v) is 11.0. The predicted molar refractivity (Wildman–Crippen MR) is 233 cm³/mol. The molecule has 55 heavy (non-hydrogen) atoms. The average Bonchev–Trinajstić information content (AvgIpc) is 3.88. The maximum Gasteiger partial charge on any atom is 0.0726 e. The molecule has 0 fully saturated rings. The number of hydrogen-bond donors (Lipinski definition) is 0. The Morgan fingerprint density at radius 1 is 0.345 bits per heavy atom. The molecular weight excluding hydrogens is 683 g/mol. The van der Waals surface area contributed by atoms with E-state index in [2.05, 4.69) is 205 Å². The number of anilines is 3. The predicted octanol–water partition coefficient (Wildman–Crippen LogP) is 14.7. The molecule has 1 heterocycles. The van der Waals surface area contributed by atoms with Crippen LogP contribution in [-0.4, -0.2) is 0 Å². The zero-order chi connectivity index (χ0) is 36.1. The summed E-state index contributed by atoms with van der Waals surface area (Å²) >= 11 is 1.87. The van der Waals surface area contributed by atoms with Crippen LogP contribution in [0.15, 0.2) is 200 Å². The van der Waals surface area contributed by atoms with E-state index in [4.69, 9.17) is 0 Å². The van der Waals surface area contributed by atoms with Gasteiger partial charge in [0.1, 0.15) is 0 Å². The summed E-state index contributed by atoms with van der Waals surface area (Å²) in [7, 11) is 0. The van der Waals surface area contributed by atoms with Gasteiger partial charge in [0.05, 0.1) is 22.5 Å². The highest BCUT2D eigenvalue weighted by atomic mass is 32.1. The molecule has 12 rings (SSSR count). The first-order valence-corrected chi connectivity index (χ1v) is 19.8. The van der Waals surface area contributed by atoms with Crippen LogP contribution in [0.5, 0.6) is 0 Å². The van der Waals surface area contributed by atoms with Gasteiger partial charge in [0, 0.05) is 36.7 Å². The average molecular weight is 716 g/mol. The molecule has 0 saturated carbocycles. The van der Waals surface area contributed by atoms with Gasteiger partial charge in [-0.3, -0.25) is 0 Å². The van der Waals surface area contributed by atoms with Crippen LogP contribution in [0.4, 0.5) is 17.1 Å². The van der Waals surface area contributed by atoms with Crippen LogP contribution in [0.1, 0.15) is 22.3 Å². The van der Waals surface area contributed by atoms with Crippen molar-refractivity contribution in [3.05, 3.63) is 222 Å². The Balaban J connectivity index is 1.18. The fourth-order valence-electron chi connectivity index (χ4n) is 9.91. The number of thiophene rings is 1. The van der Waals surface area contributed by atoms with Crippen LogP contribution >= 0.6 is 11.3 Å². The normalized spacial score (nSPS) is 13.2. The van der Waals surface area contributed by atoms with Crippen LogP contribution in [0.3, 0.4) is 0 Å². The third kappa shape index (κ3) is 4.18. The molecule has 2 aliphatic carbocycles. The Labute approximate surface area is 324 Å². The van der Waals surface area contributed by atoms with Gasteiger partial charge in [-0.2, -0.15) is 0 Å². The first kappa shape index (κ1) is 30.7. The first-order valence-electron chi connectivity index (χ1n) is 19.0. The van der Waals surface area contributed by atoms with Crippen molar-refractivity contribution < 1.29 is 0 Å². The standard InChI is InChI=1S/C53H33NS/c1-2-17-36-34(15-1)16-13-28-48(36)54(47-27-11-6-18-37(47)35-31-32-51-42(33-35)40-21-7-12-30-50(40)55-51)49-29-14-26-46-52(49)41-22-5-10-25-45(41)53(46)43-23-8-3-19-38(43)39-20-4-9-24-44(39)53/h1-33H. The van der Waals surface area contributed by atoms with Crippen molar-refractivity contribution in [1.29, 1.82) is 0 Å². The molecule has 2 heteroatoms. The van der Waals surface area contributed by atoms with Gasteiger partial charge in [0.15, 0.2) is 0 Å². The monoisotopic (exact) mass is 715 g/mol. The van der Waals surface area contributed by atoms with E-state index < -0.39 is 5.41 Å². The molecule has 1 nitrogen and oxygen atoms in total. The van der Waals surface area contributed by atoms with Crippen molar-refractivity contribution in [3.63, 3.8) is 0 Å². The molecule has 0 amide bonds. The lowest BCUT2D eigenvalue weighted by Crippen LogP contribution is -2.26. The second-order valence-corrected chi connectivity index (χ2v) is 15.8. The number of hydrogen-bond acceptors (Lipinski definition) is 2. The molecule has 256 valence electrons. The first-order chi connectivity index (χ1) is 27.3. The second-order valence-electron chi connectivity index (χ2n) is 14.7. The lowest BCUT2D eigenvalue weighted by atomic mass is 9.70. The molecular formula is C53H33NS. The van der Waals surface area contributed by atoms with Gasteiger partial charge in [0.25, 0.3) is 0 Å². The Kier molecular flexibility index (Phi) is 6.49. The van der Waals surface area contributed by atoms with Crippen molar-refractivity contribution in [1.82, 2.24) is 0 Å². The van der Waals surface area contributed by atoms with Crippen molar-refractivity contribution in [2.45, 2.75) is 5.41 Å². The Morgan fingerprint density at radius 2 is 0.873 bits per heavy atom. The maximum atomic E-state index is 2.55. The Morgan fingerprint density at radius 3 is 1.67 bits per heavy atom. The van der Waals surface area contributed by atoms with Gasteiger partial charge in [-0.05, 0) is 86.3 Å². The van der Waals surface area contributed by atoms with Gasteiger partial charge < -0.3 is 4.90 Å². The molecule has 0 aliphatic heterocycles. The van der Waals surface area contributed by atoms with E-state index in [1.165, 1.54) is 92.3 Å². The molecule has 9 aromatic carbocycles. The summed E-state index contributed by atoms with van der Waals surface area (Å²) in [6, 6.07) is 74.6. The topological polar surface area (TPSA) is 3.24 Å². The fraction of sp³-hybridized carbons (Fsp3) is 0.0189. The Hall–Kier alpha value is -6.74. The van der Waals surface area contributed by atoms with Crippen molar-refractivity contribution in [2.24, 2.45) is 0 Å². The minimum absolute atomic E-state index is 0.426. The smallest absolute Gasteiger partial charge is 0.0726 e. The SMILES string of the molecule is c1ccc(N(c2cccc3c2-c2ccccc2C32c3ccccc3-c3ccccc32)c2cccc3ccccc23)c(-c2ccc3sc4ccccc4c3c2)c1. The van der Waals surface area contributed by atoms with Gasteiger partial charge in [0.2, 0.25) is 0 Å². The molecule has 0 saturated heterocycles. The summed E-state index contributed by atoms with van der Waals surface area (Å²) in [5.41, 5.74) is 16.1. The number of fused-ring (bicyclic) bond motifs is 14. The van der Waals surface area contributed by atoms with E-state index in [-0.39, 0.29) is 0 Å². The number of rotatable bonds is 4. The van der Waals surface area contributed by atoms with Gasteiger partial charge in [-0.15, -0.1) is 11.3 Å². The largest absolute Gasteiger partial charge is 0.309 e. The van der Waals surface area contributed by atoms with Crippen LogP contribution in [0.25, 0.3) is 64.3 Å². The van der Waals surface area contributed by atoms with E-state index in [0.29, 0.717) is 0 Å². The van der Waals surface area contributed by atoms with Crippen molar-refractivity contribution >= 4 is 59.3 Å². The zero-order valence-electron chi connectivity index (χ0n) is 29.9. The van der Waals surface area contributed by atoms with Gasteiger partial charge in [-0.1, -0.05) is 164 Å². The molecule has 0 bridgehead atoms. The molecule has 1 aromatic heterocycles. The lowest BCUT2D eigenvalue weighted by molar-refractivity contribution is 0.794. The van der Waals surface area contributed by atoms with Gasteiger partial charge >= 0.3 is 0 Å². The van der Waals surface area contributed by atoms with Crippen molar-refractivity contribution in [3.8, 4) is 33.4 Å². The summed E-state index contributed by atoms with van der Waals surface area (Å²) in [6.45, 7) is 0. The zero-order valence-corrected chi connectivity index (χ0v) is 30.7. The molecule has 2 aliphatic rings. The third-order valence-corrected chi connectivity index (χ3v) is 13.2. The summed E-state index contributed by atoms with van der Waals surface area (Å²) < 4.78 is 2.64. The highest BCUT2D eigenvalue weighted by molar-refractivity contribution is 7.25. The molecule has 0 radical (unpaired) electrons. The number of para-hydroxylation sites is 1. The lowest BCUT2D eigenvalue weighted by Gasteiger charge is -2.33. The van der Waals surface area contributed by atoms with Crippen LogP contribution in [0, 0.1) is 0 Å². The summed E-state index contributed by atoms with van der Waals surface area (Å²) in [4.78, 5) is 2.55. The Bertz CT molecular complexity index is 3130. The number of benzene rings is 9. The van der Waals surface area contributed by atoms with E-state index in [1.54, 1.807) is 0 Å². The minimum Gasteiger partial charge on any atom is -0.309 e. The van der Waals surface area contributed by atoms with E-state index in [9.17, 15) is 0 Å². The van der Waals surface area contributed by atoms with E-state index >= 15 is 0 Å². The van der Waals surface area contributed by atoms with Crippen LogP contribution in [0.2, 0.25) is 0 Å². The van der Waals surface area contributed by atoms with Gasteiger partial charge in [-0.25, -0.2) is 0 Å². The van der Waals surface area contributed by atoms with Crippen LogP contribution < -0.4 is 4.90 Å². The number of nitrogens with zero attached hydrogens (tertiary/aromatic N) is 1. The van der Waals surface area contributed by atoms with Crippen molar-refractivity contribution in [2.75, 3.05) is 4.90 Å². The van der Waals surface area contributed by atoms with Crippen LogP contribution in [-0.2, 0) is 5.41 Å². The minimum atomic E-state index is -0.426. The summed E-state index contributed by atoms with van der Waals surface area (Å²) in [5, 5.41) is 5.05. The maximum absolute atomic E-state index is 2.55. The molecule has 0 unspecified atom stereocenters.